The van der Waals surface area contributed by atoms with Crippen molar-refractivity contribution < 1.29 is 8.83 Å². The quantitative estimate of drug-likeness (QED) is 0.160. The van der Waals surface area contributed by atoms with Gasteiger partial charge in [0, 0.05) is 79.8 Å². The van der Waals surface area contributed by atoms with E-state index >= 15 is 0 Å². The van der Waals surface area contributed by atoms with Gasteiger partial charge in [-0.3, -0.25) is 0 Å². The second kappa shape index (κ2) is 16.5. The highest BCUT2D eigenvalue weighted by Gasteiger charge is 2.49. The summed E-state index contributed by atoms with van der Waals surface area (Å²) in [6, 6.07) is 97.5. The molecule has 6 nitrogen and oxygen atoms in total. The molecule has 0 unspecified atom stereocenters. The lowest BCUT2D eigenvalue weighted by molar-refractivity contribution is 0.668. The van der Waals surface area contributed by atoms with E-state index in [-0.39, 0.29) is 13.4 Å². The highest BCUT2D eigenvalue weighted by Crippen LogP contribution is 2.53. The largest absolute Gasteiger partial charge is 0.456 e. The van der Waals surface area contributed by atoms with Gasteiger partial charge in [0.05, 0.1) is 22.1 Å². The molecule has 0 radical (unpaired) electrons. The molecule has 0 N–H and O–H groups in total. The second-order valence-electron chi connectivity index (χ2n) is 21.5. The van der Waals surface area contributed by atoms with E-state index in [0.717, 1.165) is 118 Å². The third kappa shape index (κ3) is 5.99. The third-order valence-electron chi connectivity index (χ3n) is 17.3. The van der Waals surface area contributed by atoms with Crippen LogP contribution in [0.4, 0.5) is 68.2 Å². The highest BCUT2D eigenvalue weighted by atomic mass is 16.3. The van der Waals surface area contributed by atoms with Crippen molar-refractivity contribution in [3.63, 3.8) is 0 Å². The van der Waals surface area contributed by atoms with E-state index in [4.69, 9.17) is 8.83 Å². The minimum Gasteiger partial charge on any atom is -0.456 e. The predicted octanol–water partition coefficient (Wildman–Crippen LogP) is 15.3. The van der Waals surface area contributed by atoms with Gasteiger partial charge < -0.3 is 28.4 Å². The summed E-state index contributed by atoms with van der Waals surface area (Å²) < 4.78 is 14.2. The van der Waals surface area contributed by atoms with Gasteiger partial charge >= 0.3 is 0 Å². The van der Waals surface area contributed by atoms with E-state index in [1.807, 2.05) is 0 Å². The Morgan fingerprint density at radius 2 is 0.662 bits per heavy atom. The van der Waals surface area contributed by atoms with Gasteiger partial charge in [-0.1, -0.05) is 170 Å². The molecule has 0 amide bonds. The van der Waals surface area contributed by atoms with Crippen molar-refractivity contribution in [2.75, 3.05) is 19.6 Å². The molecule has 0 spiro atoms. The molecule has 4 aliphatic rings. The van der Waals surface area contributed by atoms with Crippen molar-refractivity contribution in [2.24, 2.45) is 0 Å². The molecule has 4 aliphatic heterocycles. The first-order chi connectivity index (χ1) is 39.7. The van der Waals surface area contributed by atoms with Crippen LogP contribution in [-0.2, 0) is 0 Å². The first kappa shape index (κ1) is 43.6. The summed E-state index contributed by atoms with van der Waals surface area (Å²) in [5.74, 6) is 0. The summed E-state index contributed by atoms with van der Waals surface area (Å²) >= 11 is 0. The van der Waals surface area contributed by atoms with Crippen molar-refractivity contribution in [1.29, 1.82) is 0 Å². The summed E-state index contributed by atoms with van der Waals surface area (Å²) in [5.41, 5.74) is 26.5. The molecular formula is C72H44B2N4O2. The Kier molecular flexibility index (Phi) is 9.03. The smallest absolute Gasteiger partial charge is 0.252 e. The molecule has 0 aliphatic carbocycles. The number of fused-ring (bicyclic) bond motifs is 16. The number of rotatable bonds is 5. The fraction of sp³-hybridized carbons (Fsp3) is 0. The van der Waals surface area contributed by atoms with E-state index < -0.39 is 0 Å². The number of para-hydroxylation sites is 7. The Hall–Kier alpha value is -10.4. The van der Waals surface area contributed by atoms with E-state index in [1.54, 1.807) is 0 Å². The van der Waals surface area contributed by atoms with E-state index in [2.05, 4.69) is 287 Å². The van der Waals surface area contributed by atoms with Crippen LogP contribution < -0.4 is 52.4 Å². The predicted molar refractivity (Wildman–Crippen MR) is 334 cm³/mol. The van der Waals surface area contributed by atoms with Crippen LogP contribution in [0.1, 0.15) is 0 Å². The lowest BCUT2D eigenvalue weighted by Crippen LogP contribution is -2.65. The summed E-state index contributed by atoms with van der Waals surface area (Å²) in [6.07, 6.45) is 0. The van der Waals surface area contributed by atoms with Crippen LogP contribution in [-0.4, -0.2) is 13.4 Å². The van der Waals surface area contributed by atoms with Gasteiger partial charge in [-0.25, -0.2) is 0 Å². The van der Waals surface area contributed by atoms with E-state index in [0.29, 0.717) is 0 Å². The molecular weight excluding hydrogens is 974 g/mol. The minimum atomic E-state index is -0.172. The lowest BCUT2D eigenvalue weighted by Gasteiger charge is -2.47. The molecule has 0 saturated carbocycles. The zero-order chi connectivity index (χ0) is 52.2. The molecule has 18 rings (SSSR count). The topological polar surface area (TPSA) is 39.2 Å². The van der Waals surface area contributed by atoms with Gasteiger partial charge in [0.25, 0.3) is 13.4 Å². The van der Waals surface area contributed by atoms with Crippen LogP contribution in [0.2, 0.25) is 0 Å². The van der Waals surface area contributed by atoms with Gasteiger partial charge in [-0.2, -0.15) is 0 Å². The summed E-state index contributed by atoms with van der Waals surface area (Å²) in [5, 5.41) is 4.38. The van der Waals surface area contributed by atoms with E-state index in [9.17, 15) is 0 Å². The van der Waals surface area contributed by atoms with Crippen LogP contribution in [0.15, 0.2) is 276 Å². The number of benzene rings is 12. The van der Waals surface area contributed by atoms with Crippen LogP contribution in [0.3, 0.4) is 0 Å². The Labute approximate surface area is 462 Å². The van der Waals surface area contributed by atoms with Gasteiger partial charge in [-0.15, -0.1) is 0 Å². The van der Waals surface area contributed by atoms with Crippen molar-refractivity contribution in [3.05, 3.63) is 267 Å². The molecule has 0 bridgehead atoms. The maximum atomic E-state index is 7.17. The average molecular weight is 1020 g/mol. The first-order valence-electron chi connectivity index (χ1n) is 27.6. The molecule has 2 aromatic heterocycles. The van der Waals surface area contributed by atoms with Crippen molar-refractivity contribution in [2.45, 2.75) is 0 Å². The Balaban J connectivity index is 1.00. The molecule has 0 saturated heterocycles. The number of furan rings is 2. The number of hydrogen-bond acceptors (Lipinski definition) is 6. The molecule has 14 aromatic rings. The fourth-order valence-corrected chi connectivity index (χ4v) is 14.2. The summed E-state index contributed by atoms with van der Waals surface area (Å²) in [4.78, 5) is 10.0. The van der Waals surface area contributed by atoms with Gasteiger partial charge in [0.15, 0.2) is 0 Å². The third-order valence-corrected chi connectivity index (χ3v) is 17.3. The summed E-state index contributed by atoms with van der Waals surface area (Å²) in [7, 11) is 0. The Bertz CT molecular complexity index is 4870. The molecule has 8 heteroatoms. The molecule has 0 fully saturated rings. The van der Waals surface area contributed by atoms with Crippen LogP contribution in [0.5, 0.6) is 0 Å². The normalized spacial score (nSPS) is 13.6. The monoisotopic (exact) mass is 1020 g/mol. The number of anilines is 12. The maximum Gasteiger partial charge on any atom is 0.252 e. The first-order valence-corrected chi connectivity index (χ1v) is 27.6. The SMILES string of the molecule is c1ccc(-c2ccc3oc4cc5c6c(c4c3c2)N(c2ccccc2)c2ccccc2B6c2cc3c(cc2N5c2ccccc2)N(c2ccccc2)c2c4c(cc5oc6ccccc6c25)N(c2ccccc2)c2ccccc2B34)cc1. The fourth-order valence-electron chi connectivity index (χ4n) is 14.2. The van der Waals surface area contributed by atoms with Crippen molar-refractivity contribution >= 4 is 158 Å². The van der Waals surface area contributed by atoms with Crippen molar-refractivity contribution in [1.82, 2.24) is 0 Å². The Morgan fingerprint density at radius 3 is 1.23 bits per heavy atom. The molecule has 370 valence electrons. The van der Waals surface area contributed by atoms with Gasteiger partial charge in [-0.05, 0) is 129 Å². The lowest BCUT2D eigenvalue weighted by atomic mass is 9.30. The van der Waals surface area contributed by atoms with E-state index in [1.165, 1.54) is 38.3 Å². The zero-order valence-electron chi connectivity index (χ0n) is 43.2. The summed E-state index contributed by atoms with van der Waals surface area (Å²) in [6.45, 7) is -0.328. The van der Waals surface area contributed by atoms with Crippen LogP contribution in [0, 0.1) is 0 Å². The minimum absolute atomic E-state index is 0.156. The highest BCUT2D eigenvalue weighted by molar-refractivity contribution is 7.03. The standard InChI is InChI=1S/C72H44B2N4O2/c1-6-22-45(23-7-1)46-38-39-64-52(40-46)68-66(80-64)44-62-70-72(68)77(49-28-12-4-13-29-49)58-36-20-18-34-54(58)74(70)55-41-56-60(42-59(55)76(62)48-26-10-3-11-27-48)78(50-30-14-5-15-31-50)71-67-51-32-16-21-37-63(51)79-65(67)43-61-69(71)73(56)53-33-17-19-35-57(53)75(61)47-24-8-2-9-25-47/h1-44H. The van der Waals surface area contributed by atoms with Gasteiger partial charge in [0.1, 0.15) is 22.3 Å². The molecule has 6 heterocycles. The zero-order valence-corrected chi connectivity index (χ0v) is 43.2. The average Bonchev–Trinajstić information content (AvgIpc) is 2.97. The van der Waals surface area contributed by atoms with Crippen molar-refractivity contribution in [3.8, 4) is 11.1 Å². The molecule has 80 heavy (non-hydrogen) atoms. The Morgan fingerprint density at radius 1 is 0.250 bits per heavy atom. The van der Waals surface area contributed by atoms with Crippen LogP contribution in [0.25, 0.3) is 55.0 Å². The van der Waals surface area contributed by atoms with Crippen LogP contribution >= 0.6 is 0 Å². The maximum absolute atomic E-state index is 7.17. The van der Waals surface area contributed by atoms with Gasteiger partial charge in [0.2, 0.25) is 0 Å². The second-order valence-corrected chi connectivity index (χ2v) is 21.5. The number of hydrogen-bond donors (Lipinski definition) is 0. The number of nitrogens with zero attached hydrogens (tertiary/aromatic N) is 4. The molecule has 0 atom stereocenters. The molecule has 12 aromatic carbocycles.